The highest BCUT2D eigenvalue weighted by Crippen LogP contribution is 2.34. The van der Waals surface area contributed by atoms with Crippen LogP contribution in [0, 0.1) is 0 Å². The molecule has 1 atom stereocenters. The fraction of sp³-hybridized carbons (Fsp3) is 0.294. The predicted octanol–water partition coefficient (Wildman–Crippen LogP) is 4.02. The quantitative estimate of drug-likeness (QED) is 0.921. The third-order valence-electron chi connectivity index (χ3n) is 3.85. The van der Waals surface area contributed by atoms with Crippen LogP contribution < -0.4 is 4.90 Å². The first-order valence-electron chi connectivity index (χ1n) is 7.03. The SMILES string of the molecule is OC(c1ccccc1)c1cc(Cl)ccc1N1CCCC1. The Bertz CT molecular complexity index is 579. The van der Waals surface area contributed by atoms with Crippen molar-refractivity contribution in [1.29, 1.82) is 0 Å². The van der Waals surface area contributed by atoms with Crippen molar-refractivity contribution in [2.75, 3.05) is 18.0 Å². The lowest BCUT2D eigenvalue weighted by molar-refractivity contribution is 0.220. The molecule has 1 aliphatic rings. The molecule has 1 aliphatic heterocycles. The molecule has 1 heterocycles. The van der Waals surface area contributed by atoms with Crippen LogP contribution in [0.3, 0.4) is 0 Å². The Hall–Kier alpha value is -1.51. The molecule has 0 aromatic heterocycles. The normalized spacial score (nSPS) is 16.4. The van der Waals surface area contributed by atoms with E-state index in [-0.39, 0.29) is 0 Å². The molecule has 20 heavy (non-hydrogen) atoms. The number of nitrogens with zero attached hydrogens (tertiary/aromatic N) is 1. The van der Waals surface area contributed by atoms with Crippen LogP contribution in [0.2, 0.25) is 5.02 Å². The minimum atomic E-state index is -0.634. The van der Waals surface area contributed by atoms with E-state index in [0.717, 1.165) is 29.9 Å². The Morgan fingerprint density at radius 3 is 2.40 bits per heavy atom. The van der Waals surface area contributed by atoms with E-state index in [2.05, 4.69) is 4.90 Å². The van der Waals surface area contributed by atoms with Crippen molar-refractivity contribution in [1.82, 2.24) is 0 Å². The highest BCUT2D eigenvalue weighted by Gasteiger charge is 2.21. The van der Waals surface area contributed by atoms with Gasteiger partial charge < -0.3 is 10.0 Å². The third kappa shape index (κ3) is 2.67. The molecule has 1 fully saturated rings. The molecule has 0 aliphatic carbocycles. The summed E-state index contributed by atoms with van der Waals surface area (Å²) in [6.07, 6.45) is 1.79. The Morgan fingerprint density at radius 2 is 1.70 bits per heavy atom. The average molecular weight is 288 g/mol. The summed E-state index contributed by atoms with van der Waals surface area (Å²) in [5.74, 6) is 0. The molecule has 2 aromatic carbocycles. The van der Waals surface area contributed by atoms with E-state index in [1.165, 1.54) is 12.8 Å². The minimum absolute atomic E-state index is 0.634. The van der Waals surface area contributed by atoms with Gasteiger partial charge in [-0.3, -0.25) is 0 Å². The molecule has 2 nitrogen and oxygen atoms in total. The molecule has 2 aromatic rings. The van der Waals surface area contributed by atoms with Crippen molar-refractivity contribution < 1.29 is 5.11 Å². The fourth-order valence-electron chi connectivity index (χ4n) is 2.81. The Kier molecular flexibility index (Phi) is 3.95. The van der Waals surface area contributed by atoms with Crippen LogP contribution >= 0.6 is 11.6 Å². The Labute approximate surface area is 124 Å². The zero-order valence-corrected chi connectivity index (χ0v) is 12.1. The van der Waals surface area contributed by atoms with Crippen LogP contribution in [-0.2, 0) is 0 Å². The predicted molar refractivity (Wildman–Crippen MR) is 83.4 cm³/mol. The number of hydrogen-bond acceptors (Lipinski definition) is 2. The average Bonchev–Trinajstić information content (AvgIpc) is 3.01. The van der Waals surface area contributed by atoms with Crippen LogP contribution in [0.5, 0.6) is 0 Å². The maximum atomic E-state index is 10.7. The second-order valence-electron chi connectivity index (χ2n) is 5.21. The van der Waals surface area contributed by atoms with Crippen molar-refractivity contribution in [3.8, 4) is 0 Å². The van der Waals surface area contributed by atoms with Gasteiger partial charge in [0.25, 0.3) is 0 Å². The molecule has 104 valence electrons. The molecule has 1 unspecified atom stereocenters. The van der Waals surface area contributed by atoms with Gasteiger partial charge in [-0.1, -0.05) is 41.9 Å². The van der Waals surface area contributed by atoms with E-state index in [1.54, 1.807) is 0 Å². The molecule has 0 saturated carbocycles. The van der Waals surface area contributed by atoms with Gasteiger partial charge in [0.15, 0.2) is 0 Å². The van der Waals surface area contributed by atoms with Crippen LogP contribution in [0.15, 0.2) is 48.5 Å². The largest absolute Gasteiger partial charge is 0.384 e. The zero-order chi connectivity index (χ0) is 13.9. The van der Waals surface area contributed by atoms with Crippen LogP contribution in [0.1, 0.15) is 30.1 Å². The standard InChI is InChI=1S/C17H18ClNO/c18-14-8-9-16(19-10-4-5-11-19)15(12-14)17(20)13-6-2-1-3-7-13/h1-3,6-9,12,17,20H,4-5,10-11H2. The van der Waals surface area contributed by atoms with Crippen LogP contribution in [0.25, 0.3) is 0 Å². The van der Waals surface area contributed by atoms with Crippen molar-refractivity contribution in [3.05, 3.63) is 64.7 Å². The first-order valence-corrected chi connectivity index (χ1v) is 7.41. The van der Waals surface area contributed by atoms with Gasteiger partial charge in [-0.15, -0.1) is 0 Å². The van der Waals surface area contributed by atoms with Crippen LogP contribution in [-0.4, -0.2) is 18.2 Å². The monoisotopic (exact) mass is 287 g/mol. The van der Waals surface area contributed by atoms with Crippen molar-refractivity contribution in [3.63, 3.8) is 0 Å². The number of halogens is 1. The summed E-state index contributed by atoms with van der Waals surface area (Å²) in [5, 5.41) is 11.3. The van der Waals surface area contributed by atoms with Gasteiger partial charge in [0, 0.05) is 29.4 Å². The minimum Gasteiger partial charge on any atom is -0.384 e. The zero-order valence-electron chi connectivity index (χ0n) is 11.3. The highest BCUT2D eigenvalue weighted by atomic mass is 35.5. The van der Waals surface area contributed by atoms with Crippen molar-refractivity contribution in [2.24, 2.45) is 0 Å². The maximum Gasteiger partial charge on any atom is 0.106 e. The van der Waals surface area contributed by atoms with Gasteiger partial charge in [0.05, 0.1) is 0 Å². The summed E-state index contributed by atoms with van der Waals surface area (Å²) < 4.78 is 0. The lowest BCUT2D eigenvalue weighted by Crippen LogP contribution is -2.20. The van der Waals surface area contributed by atoms with Gasteiger partial charge in [-0.2, -0.15) is 0 Å². The number of benzene rings is 2. The first kappa shape index (κ1) is 13.5. The van der Waals surface area contributed by atoms with Gasteiger partial charge in [-0.05, 0) is 36.6 Å². The molecule has 0 amide bonds. The van der Waals surface area contributed by atoms with E-state index in [1.807, 2.05) is 48.5 Å². The van der Waals surface area contributed by atoms with E-state index in [0.29, 0.717) is 5.02 Å². The number of rotatable bonds is 3. The summed E-state index contributed by atoms with van der Waals surface area (Å²) in [6, 6.07) is 15.5. The summed E-state index contributed by atoms with van der Waals surface area (Å²) in [5.41, 5.74) is 2.89. The van der Waals surface area contributed by atoms with Crippen molar-refractivity contribution >= 4 is 17.3 Å². The Balaban J connectivity index is 2.00. The van der Waals surface area contributed by atoms with E-state index < -0.39 is 6.10 Å². The second kappa shape index (κ2) is 5.86. The third-order valence-corrected chi connectivity index (χ3v) is 4.08. The lowest BCUT2D eigenvalue weighted by Gasteiger charge is -2.24. The van der Waals surface area contributed by atoms with Gasteiger partial charge >= 0.3 is 0 Å². The summed E-state index contributed by atoms with van der Waals surface area (Å²) in [6.45, 7) is 2.10. The molecule has 1 N–H and O–H groups in total. The molecular formula is C17H18ClNO. The van der Waals surface area contributed by atoms with E-state index in [9.17, 15) is 5.11 Å². The molecule has 3 heteroatoms. The molecule has 1 saturated heterocycles. The molecule has 0 radical (unpaired) electrons. The Morgan fingerprint density at radius 1 is 1.00 bits per heavy atom. The smallest absolute Gasteiger partial charge is 0.106 e. The molecule has 3 rings (SSSR count). The first-order chi connectivity index (χ1) is 9.75. The van der Waals surface area contributed by atoms with Gasteiger partial charge in [-0.25, -0.2) is 0 Å². The number of hydrogen-bond donors (Lipinski definition) is 1. The van der Waals surface area contributed by atoms with Crippen molar-refractivity contribution in [2.45, 2.75) is 18.9 Å². The maximum absolute atomic E-state index is 10.7. The summed E-state index contributed by atoms with van der Waals surface area (Å²) in [7, 11) is 0. The molecular weight excluding hydrogens is 270 g/mol. The van der Waals surface area contributed by atoms with Gasteiger partial charge in [0.2, 0.25) is 0 Å². The van der Waals surface area contributed by atoms with Crippen LogP contribution in [0.4, 0.5) is 5.69 Å². The van der Waals surface area contributed by atoms with E-state index in [4.69, 9.17) is 11.6 Å². The molecule has 0 spiro atoms. The summed E-state index contributed by atoms with van der Waals surface area (Å²) in [4.78, 5) is 2.33. The molecule has 0 bridgehead atoms. The highest BCUT2D eigenvalue weighted by molar-refractivity contribution is 6.30. The number of aliphatic hydroxyl groups is 1. The van der Waals surface area contributed by atoms with Gasteiger partial charge in [0.1, 0.15) is 6.10 Å². The summed E-state index contributed by atoms with van der Waals surface area (Å²) >= 11 is 6.13. The number of anilines is 1. The topological polar surface area (TPSA) is 23.5 Å². The van der Waals surface area contributed by atoms with E-state index >= 15 is 0 Å². The number of aliphatic hydroxyl groups excluding tert-OH is 1. The fourth-order valence-corrected chi connectivity index (χ4v) is 2.99. The second-order valence-corrected chi connectivity index (χ2v) is 5.65. The lowest BCUT2D eigenvalue weighted by atomic mass is 9.99.